The van der Waals surface area contributed by atoms with E-state index in [0.29, 0.717) is 6.54 Å². The number of nitrogens with zero attached hydrogens (tertiary/aromatic N) is 1. The number of rotatable bonds is 4. The van der Waals surface area contributed by atoms with Gasteiger partial charge in [0.05, 0.1) is 0 Å². The van der Waals surface area contributed by atoms with Crippen molar-refractivity contribution in [2.45, 2.75) is 13.0 Å². The van der Waals surface area contributed by atoms with Crippen LogP contribution in [0.3, 0.4) is 0 Å². The Balaban J connectivity index is 1.80. The van der Waals surface area contributed by atoms with Gasteiger partial charge in [0.25, 0.3) is 0 Å². The van der Waals surface area contributed by atoms with Crippen molar-refractivity contribution in [1.82, 2.24) is 10.2 Å². The fourth-order valence-electron chi connectivity index (χ4n) is 2.15. The number of nitrogens with one attached hydrogen (secondary N) is 1. The van der Waals surface area contributed by atoms with Crippen LogP contribution in [0.5, 0.6) is 0 Å². The Hall–Kier alpha value is -1.39. The number of benzene rings is 1. The van der Waals surface area contributed by atoms with Gasteiger partial charge in [-0.1, -0.05) is 24.3 Å². The van der Waals surface area contributed by atoms with Crippen LogP contribution in [0.4, 0.5) is 0 Å². The van der Waals surface area contributed by atoms with E-state index in [1.165, 1.54) is 11.1 Å². The maximum Gasteiger partial charge on any atom is 0.245 e. The van der Waals surface area contributed by atoms with E-state index in [1.807, 2.05) is 0 Å². The topological polar surface area (TPSA) is 52.6 Å². The molecule has 1 heterocycles. The summed E-state index contributed by atoms with van der Waals surface area (Å²) in [6.45, 7) is 2.99. The summed E-state index contributed by atoms with van der Waals surface area (Å²) in [5, 5.41) is 11.2. The highest BCUT2D eigenvalue weighted by Gasteiger charge is 2.14. The molecule has 0 bridgehead atoms. The van der Waals surface area contributed by atoms with Crippen LogP contribution in [0.2, 0.25) is 0 Å². The summed E-state index contributed by atoms with van der Waals surface area (Å²) in [5.74, 6) is -0.303. The molecule has 17 heavy (non-hydrogen) atoms. The van der Waals surface area contributed by atoms with Crippen LogP contribution in [-0.4, -0.2) is 42.2 Å². The molecule has 1 amide bonds. The Morgan fingerprint density at radius 2 is 2.12 bits per heavy atom. The van der Waals surface area contributed by atoms with E-state index in [-0.39, 0.29) is 5.91 Å². The molecular weight excluding hydrogens is 216 g/mol. The third-order valence-electron chi connectivity index (χ3n) is 3.10. The third-order valence-corrected chi connectivity index (χ3v) is 3.10. The summed E-state index contributed by atoms with van der Waals surface area (Å²) in [6, 6.07) is 8.49. The number of amides is 1. The predicted molar refractivity (Wildman–Crippen MR) is 65.5 cm³/mol. The first kappa shape index (κ1) is 12.1. The zero-order chi connectivity index (χ0) is 12.1. The van der Waals surface area contributed by atoms with Gasteiger partial charge in [-0.25, -0.2) is 0 Å². The zero-order valence-corrected chi connectivity index (χ0v) is 9.85. The Labute approximate surface area is 101 Å². The van der Waals surface area contributed by atoms with Crippen molar-refractivity contribution in [2.75, 3.05) is 26.2 Å². The van der Waals surface area contributed by atoms with Gasteiger partial charge in [0.15, 0.2) is 0 Å². The molecule has 4 nitrogen and oxygen atoms in total. The van der Waals surface area contributed by atoms with Crippen LogP contribution in [0.1, 0.15) is 11.1 Å². The molecule has 1 aliphatic rings. The largest absolute Gasteiger partial charge is 0.387 e. The minimum atomic E-state index is -0.428. The highest BCUT2D eigenvalue weighted by atomic mass is 16.3. The summed E-state index contributed by atoms with van der Waals surface area (Å²) in [5.41, 5.74) is 2.82. The van der Waals surface area contributed by atoms with Crippen molar-refractivity contribution in [3.8, 4) is 0 Å². The van der Waals surface area contributed by atoms with Crippen molar-refractivity contribution in [1.29, 1.82) is 0 Å². The third kappa shape index (κ3) is 3.28. The molecule has 92 valence electrons. The van der Waals surface area contributed by atoms with Crippen LogP contribution in [0.25, 0.3) is 0 Å². The second-order valence-electron chi connectivity index (χ2n) is 4.30. The maximum atomic E-state index is 10.9. The molecule has 0 saturated carbocycles. The monoisotopic (exact) mass is 234 g/mol. The Morgan fingerprint density at radius 1 is 1.35 bits per heavy atom. The molecule has 0 radical (unpaired) electrons. The fraction of sp³-hybridized carbons (Fsp3) is 0.462. The minimum Gasteiger partial charge on any atom is -0.387 e. The van der Waals surface area contributed by atoms with Crippen molar-refractivity contribution in [3.05, 3.63) is 35.4 Å². The molecular formula is C13H18N2O2. The Bertz CT molecular complexity index is 393. The molecule has 0 aromatic heterocycles. The molecule has 1 aliphatic heterocycles. The molecule has 0 saturated heterocycles. The molecule has 0 aliphatic carbocycles. The second kappa shape index (κ2) is 5.80. The van der Waals surface area contributed by atoms with Crippen molar-refractivity contribution < 1.29 is 9.90 Å². The first-order chi connectivity index (χ1) is 8.29. The molecule has 2 N–H and O–H groups in total. The van der Waals surface area contributed by atoms with Crippen LogP contribution in [-0.2, 0) is 17.8 Å². The standard InChI is InChI=1S/C13H18N2O2/c16-10-13(17)14-6-8-15-7-5-11-3-1-2-4-12(11)9-15/h1-4,16H,5-10H2,(H,14,17). The number of hydrogen-bond donors (Lipinski definition) is 2. The van der Waals surface area contributed by atoms with Gasteiger partial charge in [-0.3, -0.25) is 9.69 Å². The van der Waals surface area contributed by atoms with E-state index in [4.69, 9.17) is 5.11 Å². The number of carbonyl (C=O) groups is 1. The molecule has 0 unspecified atom stereocenters. The summed E-state index contributed by atoms with van der Waals surface area (Å²) in [7, 11) is 0. The number of carbonyl (C=O) groups excluding carboxylic acids is 1. The average Bonchev–Trinajstić information content (AvgIpc) is 2.38. The highest BCUT2D eigenvalue weighted by molar-refractivity contribution is 5.76. The van der Waals surface area contributed by atoms with E-state index in [1.54, 1.807) is 0 Å². The molecule has 0 atom stereocenters. The molecule has 1 aromatic carbocycles. The maximum absolute atomic E-state index is 10.9. The lowest BCUT2D eigenvalue weighted by molar-refractivity contribution is -0.123. The lowest BCUT2D eigenvalue weighted by Gasteiger charge is -2.28. The smallest absolute Gasteiger partial charge is 0.245 e. The summed E-state index contributed by atoms with van der Waals surface area (Å²) < 4.78 is 0. The fourth-order valence-corrected chi connectivity index (χ4v) is 2.15. The lowest BCUT2D eigenvalue weighted by atomic mass is 10.00. The van der Waals surface area contributed by atoms with Crippen LogP contribution in [0, 0.1) is 0 Å². The molecule has 0 fully saturated rings. The predicted octanol–water partition coefficient (Wildman–Crippen LogP) is 0.153. The van der Waals surface area contributed by atoms with Crippen LogP contribution < -0.4 is 5.32 Å². The van der Waals surface area contributed by atoms with Gasteiger partial charge in [-0.05, 0) is 17.5 Å². The first-order valence-corrected chi connectivity index (χ1v) is 5.96. The van der Waals surface area contributed by atoms with Gasteiger partial charge >= 0.3 is 0 Å². The quantitative estimate of drug-likeness (QED) is 0.780. The van der Waals surface area contributed by atoms with Crippen LogP contribution in [0.15, 0.2) is 24.3 Å². The molecule has 2 rings (SSSR count). The van der Waals surface area contributed by atoms with Gasteiger partial charge in [0, 0.05) is 26.2 Å². The Kier molecular flexibility index (Phi) is 4.12. The highest BCUT2D eigenvalue weighted by Crippen LogP contribution is 2.17. The second-order valence-corrected chi connectivity index (χ2v) is 4.30. The number of fused-ring (bicyclic) bond motifs is 1. The van der Waals surface area contributed by atoms with E-state index in [9.17, 15) is 4.79 Å². The average molecular weight is 234 g/mol. The molecule has 0 spiro atoms. The number of hydrogen-bond acceptors (Lipinski definition) is 3. The van der Waals surface area contributed by atoms with Crippen molar-refractivity contribution >= 4 is 5.91 Å². The summed E-state index contributed by atoms with van der Waals surface area (Å²) in [6.07, 6.45) is 1.07. The van der Waals surface area contributed by atoms with E-state index in [2.05, 4.69) is 34.5 Å². The molecule has 4 heteroatoms. The molecule has 1 aromatic rings. The van der Waals surface area contributed by atoms with E-state index in [0.717, 1.165) is 26.1 Å². The Morgan fingerprint density at radius 3 is 2.88 bits per heavy atom. The van der Waals surface area contributed by atoms with E-state index < -0.39 is 6.61 Å². The van der Waals surface area contributed by atoms with Crippen molar-refractivity contribution in [3.63, 3.8) is 0 Å². The van der Waals surface area contributed by atoms with Gasteiger partial charge in [-0.15, -0.1) is 0 Å². The SMILES string of the molecule is O=C(CO)NCCN1CCc2ccccc2C1. The van der Waals surface area contributed by atoms with Crippen LogP contribution >= 0.6 is 0 Å². The normalized spacial score (nSPS) is 15.4. The van der Waals surface area contributed by atoms with Gasteiger partial charge in [0.2, 0.25) is 5.91 Å². The first-order valence-electron chi connectivity index (χ1n) is 5.96. The van der Waals surface area contributed by atoms with Gasteiger partial charge in [-0.2, -0.15) is 0 Å². The number of aliphatic hydroxyl groups excluding tert-OH is 1. The minimum absolute atomic E-state index is 0.303. The lowest BCUT2D eigenvalue weighted by Crippen LogP contribution is -2.38. The zero-order valence-electron chi connectivity index (χ0n) is 9.85. The van der Waals surface area contributed by atoms with E-state index >= 15 is 0 Å². The van der Waals surface area contributed by atoms with Gasteiger partial charge in [0.1, 0.15) is 6.61 Å². The van der Waals surface area contributed by atoms with Crippen molar-refractivity contribution in [2.24, 2.45) is 0 Å². The summed E-state index contributed by atoms with van der Waals surface area (Å²) >= 11 is 0. The summed E-state index contributed by atoms with van der Waals surface area (Å²) in [4.78, 5) is 13.2. The number of aliphatic hydroxyl groups is 1. The van der Waals surface area contributed by atoms with Gasteiger partial charge < -0.3 is 10.4 Å².